The third-order valence-corrected chi connectivity index (χ3v) is 4.88. The van der Waals surface area contributed by atoms with Crippen LogP contribution in [0.3, 0.4) is 0 Å². The summed E-state index contributed by atoms with van der Waals surface area (Å²) in [4.78, 5) is 20.7. The maximum Gasteiger partial charge on any atom is 0.259 e. The Morgan fingerprint density at radius 2 is 2.04 bits per heavy atom. The largest absolute Gasteiger partial charge is 0.334 e. The summed E-state index contributed by atoms with van der Waals surface area (Å²) in [6, 6.07) is 11.2. The molecule has 0 aliphatic heterocycles. The average molecular weight is 433 g/mol. The van der Waals surface area contributed by atoms with Gasteiger partial charge < -0.3 is 9.84 Å². The van der Waals surface area contributed by atoms with Gasteiger partial charge in [0.25, 0.3) is 5.89 Å². The highest BCUT2D eigenvalue weighted by Gasteiger charge is 2.10. The Morgan fingerprint density at radius 3 is 2.73 bits per heavy atom. The minimum absolute atomic E-state index is 0.0793. The van der Waals surface area contributed by atoms with Gasteiger partial charge in [-0.3, -0.25) is 4.79 Å². The highest BCUT2D eigenvalue weighted by molar-refractivity contribution is 9.10. The van der Waals surface area contributed by atoms with E-state index in [1.54, 1.807) is 6.20 Å². The number of carbonyl (C=O) groups excluding carboxylic acids is 1. The number of rotatable bonds is 7. The lowest BCUT2D eigenvalue weighted by Crippen LogP contribution is -2.13. The van der Waals surface area contributed by atoms with Gasteiger partial charge in [-0.25, -0.2) is 4.98 Å². The van der Waals surface area contributed by atoms with Crippen molar-refractivity contribution in [2.45, 2.75) is 24.8 Å². The van der Waals surface area contributed by atoms with Crippen LogP contribution >= 0.6 is 27.7 Å². The third-order valence-electron chi connectivity index (χ3n) is 3.40. The molecule has 3 aromatic rings. The van der Waals surface area contributed by atoms with Crippen LogP contribution in [0, 0.1) is 0 Å². The molecule has 0 spiro atoms. The van der Waals surface area contributed by atoms with E-state index >= 15 is 0 Å². The molecular formula is C18H17BrN4O2S. The number of pyridine rings is 1. The van der Waals surface area contributed by atoms with Gasteiger partial charge in [0.15, 0.2) is 5.82 Å². The van der Waals surface area contributed by atoms with Gasteiger partial charge in [-0.15, -0.1) is 0 Å². The molecule has 0 radical (unpaired) electrons. The number of nitrogens with zero attached hydrogens (tertiary/aromatic N) is 3. The van der Waals surface area contributed by atoms with Crippen LogP contribution in [0.1, 0.15) is 19.2 Å². The van der Waals surface area contributed by atoms with Crippen LogP contribution in [0.5, 0.6) is 0 Å². The smallest absolute Gasteiger partial charge is 0.259 e. The van der Waals surface area contributed by atoms with E-state index in [2.05, 4.69) is 43.3 Å². The number of halogens is 1. The van der Waals surface area contributed by atoms with E-state index < -0.39 is 0 Å². The van der Waals surface area contributed by atoms with E-state index in [1.807, 2.05) is 36.4 Å². The second-order valence-corrected chi connectivity index (χ2v) is 7.41. The molecule has 1 aromatic carbocycles. The molecule has 0 atom stereocenters. The molecule has 0 bridgehead atoms. The topological polar surface area (TPSA) is 80.9 Å². The summed E-state index contributed by atoms with van der Waals surface area (Å²) in [5.74, 6) is 1.37. The maximum atomic E-state index is 12.0. The molecule has 0 aliphatic carbocycles. The maximum absolute atomic E-state index is 12.0. The minimum atomic E-state index is -0.0793. The predicted molar refractivity (Wildman–Crippen MR) is 105 cm³/mol. The van der Waals surface area contributed by atoms with Gasteiger partial charge in [-0.1, -0.05) is 39.8 Å². The molecule has 8 heteroatoms. The molecule has 2 aromatic heterocycles. The van der Waals surface area contributed by atoms with Crippen molar-refractivity contribution in [1.82, 2.24) is 15.1 Å². The summed E-state index contributed by atoms with van der Waals surface area (Å²) in [7, 11) is 0. The number of carbonyl (C=O) groups is 1. The number of aromatic nitrogens is 3. The van der Waals surface area contributed by atoms with E-state index in [9.17, 15) is 4.79 Å². The fourth-order valence-corrected chi connectivity index (χ4v) is 3.07. The van der Waals surface area contributed by atoms with Gasteiger partial charge in [0, 0.05) is 22.8 Å². The lowest BCUT2D eigenvalue weighted by molar-refractivity contribution is -0.113. The van der Waals surface area contributed by atoms with Gasteiger partial charge in [-0.05, 0) is 42.8 Å². The number of hydrogen-bond donors (Lipinski definition) is 1. The van der Waals surface area contributed by atoms with Crippen molar-refractivity contribution in [1.29, 1.82) is 0 Å². The molecule has 26 heavy (non-hydrogen) atoms. The van der Waals surface area contributed by atoms with Gasteiger partial charge >= 0.3 is 0 Å². The molecule has 1 amide bonds. The first-order chi connectivity index (χ1) is 12.6. The predicted octanol–water partition coefficient (Wildman–Crippen LogP) is 4.58. The Bertz CT molecular complexity index is 866. The molecule has 0 unspecified atom stereocenters. The molecule has 134 valence electrons. The Morgan fingerprint density at radius 1 is 1.23 bits per heavy atom. The van der Waals surface area contributed by atoms with E-state index in [-0.39, 0.29) is 11.7 Å². The number of hydrogen-bond acceptors (Lipinski definition) is 6. The van der Waals surface area contributed by atoms with E-state index in [1.165, 1.54) is 11.8 Å². The van der Waals surface area contributed by atoms with Gasteiger partial charge in [0.2, 0.25) is 5.91 Å². The van der Waals surface area contributed by atoms with Crippen molar-refractivity contribution in [2.75, 3.05) is 11.1 Å². The van der Waals surface area contributed by atoms with Crippen molar-refractivity contribution < 1.29 is 9.32 Å². The first-order valence-corrected chi connectivity index (χ1v) is 9.89. The molecule has 6 nitrogen and oxygen atoms in total. The molecule has 0 saturated heterocycles. The number of aryl methyl sites for hydroxylation is 1. The standard InChI is InChI=1S/C18H17BrN4O2S/c1-2-3-15-22-18(25-23-15)12-4-9-17(20-10-12)26-11-16(24)21-14-7-5-13(19)6-8-14/h4-10H,2-3,11H2,1H3,(H,21,24). The summed E-state index contributed by atoms with van der Waals surface area (Å²) in [5, 5.41) is 7.54. The third kappa shape index (κ3) is 5.15. The zero-order valence-corrected chi connectivity index (χ0v) is 16.5. The van der Waals surface area contributed by atoms with Crippen molar-refractivity contribution in [2.24, 2.45) is 0 Å². The first kappa shape index (κ1) is 18.6. The minimum Gasteiger partial charge on any atom is -0.334 e. The Labute approximate surface area is 163 Å². The van der Waals surface area contributed by atoms with E-state index in [0.717, 1.165) is 33.6 Å². The number of amides is 1. The van der Waals surface area contributed by atoms with Crippen molar-refractivity contribution >= 4 is 39.3 Å². The molecule has 1 N–H and O–H groups in total. The zero-order chi connectivity index (χ0) is 18.4. The average Bonchev–Trinajstić information content (AvgIpc) is 3.11. The molecule has 0 fully saturated rings. The molecular weight excluding hydrogens is 416 g/mol. The second-order valence-electron chi connectivity index (χ2n) is 5.49. The molecule has 0 aliphatic rings. The highest BCUT2D eigenvalue weighted by atomic mass is 79.9. The normalized spacial score (nSPS) is 10.7. The lowest BCUT2D eigenvalue weighted by Gasteiger charge is -2.05. The summed E-state index contributed by atoms with van der Waals surface area (Å²) < 4.78 is 6.21. The Balaban J connectivity index is 1.53. The quantitative estimate of drug-likeness (QED) is 0.550. The van der Waals surface area contributed by atoms with Crippen LogP contribution < -0.4 is 5.32 Å². The van der Waals surface area contributed by atoms with Crippen molar-refractivity contribution in [3.63, 3.8) is 0 Å². The van der Waals surface area contributed by atoms with Crippen LogP contribution in [0.4, 0.5) is 5.69 Å². The number of nitrogens with one attached hydrogen (secondary N) is 1. The molecule has 3 rings (SSSR count). The fraction of sp³-hybridized carbons (Fsp3) is 0.222. The number of anilines is 1. The van der Waals surface area contributed by atoms with Gasteiger partial charge in [0.05, 0.1) is 16.3 Å². The van der Waals surface area contributed by atoms with Crippen LogP contribution in [-0.4, -0.2) is 26.8 Å². The Hall–Kier alpha value is -2.19. The summed E-state index contributed by atoms with van der Waals surface area (Å²) in [6.07, 6.45) is 3.44. The summed E-state index contributed by atoms with van der Waals surface area (Å²) >= 11 is 4.73. The van der Waals surface area contributed by atoms with Crippen molar-refractivity contribution in [3.8, 4) is 11.5 Å². The highest BCUT2D eigenvalue weighted by Crippen LogP contribution is 2.21. The number of thioether (sulfide) groups is 1. The van der Waals surface area contributed by atoms with Crippen LogP contribution in [0.2, 0.25) is 0 Å². The van der Waals surface area contributed by atoms with Crippen LogP contribution in [0.25, 0.3) is 11.5 Å². The van der Waals surface area contributed by atoms with Gasteiger partial charge in [0.1, 0.15) is 0 Å². The second kappa shape index (κ2) is 8.95. The monoisotopic (exact) mass is 432 g/mol. The van der Waals surface area contributed by atoms with E-state index in [0.29, 0.717) is 11.7 Å². The fourth-order valence-electron chi connectivity index (χ4n) is 2.16. The first-order valence-electron chi connectivity index (χ1n) is 8.11. The molecule has 2 heterocycles. The summed E-state index contributed by atoms with van der Waals surface area (Å²) in [5.41, 5.74) is 1.53. The Kier molecular flexibility index (Phi) is 6.40. The van der Waals surface area contributed by atoms with E-state index in [4.69, 9.17) is 4.52 Å². The van der Waals surface area contributed by atoms with Crippen LogP contribution in [0.15, 0.2) is 56.6 Å². The summed E-state index contributed by atoms with van der Waals surface area (Å²) in [6.45, 7) is 2.07. The zero-order valence-electron chi connectivity index (χ0n) is 14.1. The molecule has 0 saturated carbocycles. The van der Waals surface area contributed by atoms with Crippen molar-refractivity contribution in [3.05, 3.63) is 52.9 Å². The van der Waals surface area contributed by atoms with Gasteiger partial charge in [-0.2, -0.15) is 4.98 Å². The number of benzene rings is 1. The lowest BCUT2D eigenvalue weighted by atomic mass is 10.3. The SMILES string of the molecule is CCCc1noc(-c2ccc(SCC(=O)Nc3ccc(Br)cc3)nc2)n1. The van der Waals surface area contributed by atoms with Crippen LogP contribution in [-0.2, 0) is 11.2 Å².